The van der Waals surface area contributed by atoms with Crippen LogP contribution in [0.1, 0.15) is 15.9 Å². The lowest BCUT2D eigenvalue weighted by Crippen LogP contribution is -1.93. The molecule has 0 aliphatic heterocycles. The maximum absolute atomic E-state index is 12.0. The molecule has 2 aromatic carbocycles. The molecule has 0 N–H and O–H groups in total. The van der Waals surface area contributed by atoms with Crippen LogP contribution in [0, 0.1) is 0 Å². The predicted octanol–water partition coefficient (Wildman–Crippen LogP) is 4.45. The normalized spacial score (nSPS) is 10.9. The molecule has 96 valence electrons. The zero-order valence-electron chi connectivity index (χ0n) is 9.95. The van der Waals surface area contributed by atoms with E-state index in [1.54, 1.807) is 24.3 Å². The first-order valence-electron chi connectivity index (χ1n) is 5.60. The van der Waals surface area contributed by atoms with Crippen molar-refractivity contribution in [2.24, 2.45) is 0 Å². The molecule has 0 aliphatic rings. The highest BCUT2D eigenvalue weighted by molar-refractivity contribution is 7.83. The van der Waals surface area contributed by atoms with Gasteiger partial charge in [-0.15, -0.1) is 37.9 Å². The molecular formula is C15H12OS3. The molecule has 19 heavy (non-hydrogen) atoms. The van der Waals surface area contributed by atoms with E-state index in [4.69, 9.17) is 0 Å². The quantitative estimate of drug-likeness (QED) is 0.434. The lowest BCUT2D eigenvalue weighted by Gasteiger charge is -2.00. The average molecular weight is 304 g/mol. The van der Waals surface area contributed by atoms with Crippen molar-refractivity contribution in [1.82, 2.24) is 0 Å². The molecule has 0 radical (unpaired) electrons. The Morgan fingerprint density at radius 2 is 1.74 bits per heavy atom. The topological polar surface area (TPSA) is 17.1 Å². The van der Waals surface area contributed by atoms with Crippen LogP contribution in [-0.2, 0) is 0 Å². The Balaban J connectivity index is 2.18. The van der Waals surface area contributed by atoms with Crippen molar-refractivity contribution in [1.29, 1.82) is 0 Å². The smallest absolute Gasteiger partial charge is 0.185 e. The Morgan fingerprint density at radius 1 is 0.947 bits per heavy atom. The number of thiol groups is 3. The van der Waals surface area contributed by atoms with Gasteiger partial charge in [0.05, 0.1) is 0 Å². The van der Waals surface area contributed by atoms with E-state index < -0.39 is 0 Å². The van der Waals surface area contributed by atoms with Gasteiger partial charge in [0.25, 0.3) is 0 Å². The summed E-state index contributed by atoms with van der Waals surface area (Å²) in [6, 6.07) is 12.8. The van der Waals surface area contributed by atoms with Crippen LogP contribution < -0.4 is 0 Å². The first-order valence-corrected chi connectivity index (χ1v) is 6.94. The first kappa shape index (κ1) is 14.3. The summed E-state index contributed by atoms with van der Waals surface area (Å²) in [5.41, 5.74) is 1.54. The third kappa shape index (κ3) is 3.93. The van der Waals surface area contributed by atoms with E-state index in [1.165, 1.54) is 0 Å². The van der Waals surface area contributed by atoms with E-state index in [9.17, 15) is 4.79 Å². The van der Waals surface area contributed by atoms with Gasteiger partial charge < -0.3 is 0 Å². The van der Waals surface area contributed by atoms with Crippen molar-refractivity contribution in [2.75, 3.05) is 0 Å². The zero-order chi connectivity index (χ0) is 13.8. The van der Waals surface area contributed by atoms with Gasteiger partial charge in [-0.25, -0.2) is 0 Å². The van der Waals surface area contributed by atoms with Gasteiger partial charge in [0, 0.05) is 20.2 Å². The molecule has 0 heterocycles. The highest BCUT2D eigenvalue weighted by Gasteiger charge is 2.01. The van der Waals surface area contributed by atoms with Gasteiger partial charge in [0.1, 0.15) is 0 Å². The van der Waals surface area contributed by atoms with E-state index in [-0.39, 0.29) is 5.78 Å². The summed E-state index contributed by atoms with van der Waals surface area (Å²) in [5.74, 6) is -0.0495. The molecule has 0 saturated carbocycles. The number of ketones is 1. The fourth-order valence-corrected chi connectivity index (χ4v) is 2.16. The molecule has 2 aromatic rings. The molecule has 0 unspecified atom stereocenters. The number of benzene rings is 2. The number of carbonyl (C=O) groups excluding carboxylic acids is 1. The largest absolute Gasteiger partial charge is 0.289 e. The van der Waals surface area contributed by atoms with Crippen molar-refractivity contribution >= 4 is 49.7 Å². The number of rotatable bonds is 3. The molecule has 0 bridgehead atoms. The third-order valence-corrected chi connectivity index (χ3v) is 3.77. The zero-order valence-corrected chi connectivity index (χ0v) is 12.6. The lowest BCUT2D eigenvalue weighted by molar-refractivity contribution is 0.104. The molecule has 0 atom stereocenters. The maximum Gasteiger partial charge on any atom is 0.185 e. The SMILES string of the molecule is O=C(C=Cc1ccc(S)c(S)c1)c1cccc(S)c1. The van der Waals surface area contributed by atoms with Crippen LogP contribution in [0.15, 0.2) is 63.2 Å². The van der Waals surface area contributed by atoms with Crippen LogP contribution in [0.5, 0.6) is 0 Å². The molecule has 1 nitrogen and oxygen atoms in total. The van der Waals surface area contributed by atoms with E-state index >= 15 is 0 Å². The fourth-order valence-electron chi connectivity index (χ4n) is 1.57. The van der Waals surface area contributed by atoms with Crippen LogP contribution >= 0.6 is 37.9 Å². The first-order chi connectivity index (χ1) is 9.06. The van der Waals surface area contributed by atoms with Crippen LogP contribution in [0.4, 0.5) is 0 Å². The second-order valence-corrected chi connectivity index (χ2v) is 5.48. The van der Waals surface area contributed by atoms with E-state index in [0.717, 1.165) is 20.2 Å². The molecule has 0 amide bonds. The van der Waals surface area contributed by atoms with Crippen LogP contribution in [0.2, 0.25) is 0 Å². The Morgan fingerprint density at radius 3 is 2.42 bits per heavy atom. The molecule has 0 aromatic heterocycles. The van der Waals surface area contributed by atoms with E-state index in [0.29, 0.717) is 5.56 Å². The van der Waals surface area contributed by atoms with Crippen molar-refractivity contribution in [3.05, 3.63) is 59.7 Å². The molecule has 2 rings (SSSR count). The van der Waals surface area contributed by atoms with Crippen molar-refractivity contribution in [2.45, 2.75) is 14.7 Å². The molecule has 0 spiro atoms. The molecule has 0 saturated heterocycles. The molecule has 0 fully saturated rings. The van der Waals surface area contributed by atoms with Crippen LogP contribution in [0.3, 0.4) is 0 Å². The third-order valence-electron chi connectivity index (χ3n) is 2.56. The summed E-state index contributed by atoms with van der Waals surface area (Å²) in [7, 11) is 0. The standard InChI is InChI=1S/C15H12OS3/c16-13(11-2-1-3-12(17)9-11)6-4-10-5-7-14(18)15(19)8-10/h1-9,17-19H. The summed E-state index contributed by atoms with van der Waals surface area (Å²) in [4.78, 5) is 14.3. The summed E-state index contributed by atoms with van der Waals surface area (Å²) in [6.45, 7) is 0. The molecule has 0 aliphatic carbocycles. The Hall–Kier alpha value is -1.10. The van der Waals surface area contributed by atoms with E-state index in [2.05, 4.69) is 37.9 Å². The minimum absolute atomic E-state index is 0.0495. The number of carbonyl (C=O) groups is 1. The highest BCUT2D eigenvalue weighted by atomic mass is 32.1. The monoisotopic (exact) mass is 304 g/mol. The summed E-state index contributed by atoms with van der Waals surface area (Å²) < 4.78 is 0. The lowest BCUT2D eigenvalue weighted by atomic mass is 10.1. The van der Waals surface area contributed by atoms with Gasteiger partial charge in [-0.2, -0.15) is 0 Å². The fraction of sp³-hybridized carbons (Fsp3) is 0. The second kappa shape index (κ2) is 6.37. The number of hydrogen-bond donors (Lipinski definition) is 3. The molecule has 4 heteroatoms. The Labute approximate surface area is 129 Å². The Kier molecular flexibility index (Phi) is 4.80. The minimum Gasteiger partial charge on any atom is -0.289 e. The van der Waals surface area contributed by atoms with Gasteiger partial charge >= 0.3 is 0 Å². The van der Waals surface area contributed by atoms with Crippen LogP contribution in [-0.4, -0.2) is 5.78 Å². The van der Waals surface area contributed by atoms with Crippen molar-refractivity contribution in [3.63, 3.8) is 0 Å². The van der Waals surface area contributed by atoms with Gasteiger partial charge in [-0.1, -0.05) is 24.3 Å². The van der Waals surface area contributed by atoms with Gasteiger partial charge in [0.15, 0.2) is 5.78 Å². The molecular weight excluding hydrogens is 292 g/mol. The van der Waals surface area contributed by atoms with Crippen molar-refractivity contribution < 1.29 is 4.79 Å². The van der Waals surface area contributed by atoms with Gasteiger partial charge in [0.2, 0.25) is 0 Å². The van der Waals surface area contributed by atoms with Gasteiger partial charge in [-0.05, 0) is 35.9 Å². The maximum atomic E-state index is 12.0. The number of allylic oxidation sites excluding steroid dienone is 1. The average Bonchev–Trinajstić information content (AvgIpc) is 2.40. The highest BCUT2D eigenvalue weighted by Crippen LogP contribution is 2.20. The van der Waals surface area contributed by atoms with Crippen LogP contribution in [0.25, 0.3) is 6.08 Å². The van der Waals surface area contributed by atoms with Crippen molar-refractivity contribution in [3.8, 4) is 0 Å². The van der Waals surface area contributed by atoms with E-state index in [1.807, 2.05) is 30.3 Å². The summed E-state index contributed by atoms with van der Waals surface area (Å²) in [6.07, 6.45) is 3.31. The summed E-state index contributed by atoms with van der Waals surface area (Å²) in [5, 5.41) is 0. The number of hydrogen-bond acceptors (Lipinski definition) is 4. The second-order valence-electron chi connectivity index (χ2n) is 4.00. The minimum atomic E-state index is -0.0495. The Bertz CT molecular complexity index is 648. The predicted molar refractivity (Wildman–Crippen MR) is 88.0 cm³/mol. The summed E-state index contributed by atoms with van der Waals surface area (Å²) >= 11 is 12.8. The van der Waals surface area contributed by atoms with Gasteiger partial charge in [-0.3, -0.25) is 4.79 Å².